The van der Waals surface area contributed by atoms with E-state index in [1.807, 2.05) is 37.3 Å². The molecule has 0 radical (unpaired) electrons. The van der Waals surface area contributed by atoms with Gasteiger partial charge in [0.05, 0.1) is 13.2 Å². The molecule has 1 aliphatic rings. The molecule has 1 aliphatic heterocycles. The van der Waals surface area contributed by atoms with Gasteiger partial charge in [-0.2, -0.15) is 0 Å². The highest BCUT2D eigenvalue weighted by atomic mass is 16.5. The summed E-state index contributed by atoms with van der Waals surface area (Å²) in [5.41, 5.74) is 1.02. The van der Waals surface area contributed by atoms with Crippen LogP contribution in [0.15, 0.2) is 48.0 Å². The van der Waals surface area contributed by atoms with Crippen LogP contribution in [0, 0.1) is 0 Å². The molecule has 3 heteroatoms. The standard InChI is InChI=1S/C14H17NO2/c1-3-9-16-10-13-11(2)17-14(15-13)12-7-5-4-6-8-12/h3-8,11,13H,1,9-10H2,2H3/t11-,13-/m1/s1. The number of nitrogens with zero attached hydrogens (tertiary/aromatic N) is 1. The van der Waals surface area contributed by atoms with Crippen molar-refractivity contribution in [2.75, 3.05) is 13.2 Å². The van der Waals surface area contributed by atoms with Gasteiger partial charge in [0.2, 0.25) is 5.90 Å². The molecule has 2 rings (SSSR count). The SMILES string of the molecule is C=CCOC[C@H]1N=C(c2ccccc2)O[C@@H]1C. The highest BCUT2D eigenvalue weighted by molar-refractivity contribution is 5.95. The van der Waals surface area contributed by atoms with Gasteiger partial charge in [0.1, 0.15) is 12.1 Å². The first-order chi connectivity index (χ1) is 8.31. The normalized spacial score (nSPS) is 23.0. The first-order valence-electron chi connectivity index (χ1n) is 5.80. The second kappa shape index (κ2) is 5.64. The molecule has 1 heterocycles. The predicted octanol–water partition coefficient (Wildman–Crippen LogP) is 2.42. The van der Waals surface area contributed by atoms with Gasteiger partial charge in [0.25, 0.3) is 0 Å². The monoisotopic (exact) mass is 231 g/mol. The maximum Gasteiger partial charge on any atom is 0.216 e. The Balaban J connectivity index is 2.01. The summed E-state index contributed by atoms with van der Waals surface area (Å²) in [5, 5.41) is 0. The molecule has 0 unspecified atom stereocenters. The van der Waals surface area contributed by atoms with E-state index < -0.39 is 0 Å². The highest BCUT2D eigenvalue weighted by Gasteiger charge is 2.27. The Bertz CT molecular complexity index is 400. The van der Waals surface area contributed by atoms with Crippen LogP contribution in [-0.4, -0.2) is 31.3 Å². The third-order valence-electron chi connectivity index (χ3n) is 2.67. The van der Waals surface area contributed by atoms with Gasteiger partial charge in [0.15, 0.2) is 0 Å². The van der Waals surface area contributed by atoms with Gasteiger partial charge in [-0.3, -0.25) is 0 Å². The Hall–Kier alpha value is -1.61. The summed E-state index contributed by atoms with van der Waals surface area (Å²) >= 11 is 0. The van der Waals surface area contributed by atoms with E-state index in [0.29, 0.717) is 19.1 Å². The van der Waals surface area contributed by atoms with Crippen molar-refractivity contribution in [2.45, 2.75) is 19.1 Å². The van der Waals surface area contributed by atoms with Gasteiger partial charge in [-0.05, 0) is 19.1 Å². The molecular formula is C14H17NO2. The second-order valence-corrected chi connectivity index (χ2v) is 4.02. The van der Waals surface area contributed by atoms with Crippen LogP contribution in [0.3, 0.4) is 0 Å². The minimum atomic E-state index is 0.0648. The van der Waals surface area contributed by atoms with E-state index in [4.69, 9.17) is 9.47 Å². The van der Waals surface area contributed by atoms with Crippen LogP contribution >= 0.6 is 0 Å². The number of hydrogen-bond acceptors (Lipinski definition) is 3. The van der Waals surface area contributed by atoms with E-state index in [2.05, 4.69) is 11.6 Å². The number of benzene rings is 1. The zero-order valence-corrected chi connectivity index (χ0v) is 10.0. The average Bonchev–Trinajstić information content (AvgIpc) is 2.73. The fraction of sp³-hybridized carbons (Fsp3) is 0.357. The largest absolute Gasteiger partial charge is 0.472 e. The number of hydrogen-bond donors (Lipinski definition) is 0. The molecule has 0 aliphatic carbocycles. The van der Waals surface area contributed by atoms with Gasteiger partial charge < -0.3 is 9.47 Å². The molecular weight excluding hydrogens is 214 g/mol. The average molecular weight is 231 g/mol. The minimum Gasteiger partial charge on any atom is -0.472 e. The molecule has 0 saturated carbocycles. The van der Waals surface area contributed by atoms with E-state index in [9.17, 15) is 0 Å². The van der Waals surface area contributed by atoms with Crippen LogP contribution in [0.25, 0.3) is 0 Å². The maximum absolute atomic E-state index is 5.73. The van der Waals surface area contributed by atoms with E-state index in [1.165, 1.54) is 0 Å². The Labute approximate surface area is 102 Å². The molecule has 2 atom stereocenters. The third-order valence-corrected chi connectivity index (χ3v) is 2.67. The summed E-state index contributed by atoms with van der Waals surface area (Å²) < 4.78 is 11.2. The first kappa shape index (κ1) is 11.9. The molecule has 0 spiro atoms. The van der Waals surface area contributed by atoms with E-state index >= 15 is 0 Å². The van der Waals surface area contributed by atoms with Crippen LogP contribution in [0.2, 0.25) is 0 Å². The van der Waals surface area contributed by atoms with Crippen molar-refractivity contribution < 1.29 is 9.47 Å². The maximum atomic E-state index is 5.73. The minimum absolute atomic E-state index is 0.0648. The molecule has 0 N–H and O–H groups in total. The fourth-order valence-electron chi connectivity index (χ4n) is 1.71. The van der Waals surface area contributed by atoms with E-state index in [1.54, 1.807) is 6.08 Å². The molecule has 0 amide bonds. The molecule has 1 aromatic carbocycles. The lowest BCUT2D eigenvalue weighted by atomic mass is 10.2. The quantitative estimate of drug-likeness (QED) is 0.575. The molecule has 90 valence electrons. The predicted molar refractivity (Wildman–Crippen MR) is 68.3 cm³/mol. The van der Waals surface area contributed by atoms with Crippen LogP contribution in [-0.2, 0) is 9.47 Å². The summed E-state index contributed by atoms with van der Waals surface area (Å²) in [4.78, 5) is 4.55. The van der Waals surface area contributed by atoms with E-state index in [0.717, 1.165) is 5.56 Å². The van der Waals surface area contributed by atoms with Crippen molar-refractivity contribution in [1.82, 2.24) is 0 Å². The smallest absolute Gasteiger partial charge is 0.216 e. The summed E-state index contributed by atoms with van der Waals surface area (Å²) in [6, 6.07) is 10.0. The van der Waals surface area contributed by atoms with Gasteiger partial charge in [-0.15, -0.1) is 6.58 Å². The first-order valence-corrected chi connectivity index (χ1v) is 5.80. The number of ether oxygens (including phenoxy) is 2. The summed E-state index contributed by atoms with van der Waals surface area (Å²) in [7, 11) is 0. The van der Waals surface area contributed by atoms with Gasteiger partial charge in [-0.25, -0.2) is 4.99 Å². The fourth-order valence-corrected chi connectivity index (χ4v) is 1.71. The topological polar surface area (TPSA) is 30.8 Å². The van der Waals surface area contributed by atoms with Crippen molar-refractivity contribution in [1.29, 1.82) is 0 Å². The second-order valence-electron chi connectivity index (χ2n) is 4.02. The summed E-state index contributed by atoms with van der Waals surface area (Å²) in [5.74, 6) is 0.713. The van der Waals surface area contributed by atoms with Crippen molar-refractivity contribution in [3.63, 3.8) is 0 Å². The molecule has 3 nitrogen and oxygen atoms in total. The van der Waals surface area contributed by atoms with Crippen LogP contribution in [0.1, 0.15) is 12.5 Å². The van der Waals surface area contributed by atoms with Crippen LogP contribution in [0.4, 0.5) is 0 Å². The number of aliphatic imine (C=N–C) groups is 1. The molecule has 0 aromatic heterocycles. The van der Waals surface area contributed by atoms with Gasteiger partial charge in [-0.1, -0.05) is 24.3 Å². The van der Waals surface area contributed by atoms with Gasteiger partial charge in [0, 0.05) is 5.56 Å². The Morgan fingerprint density at radius 2 is 2.18 bits per heavy atom. The lowest BCUT2D eigenvalue weighted by molar-refractivity contribution is 0.109. The lowest BCUT2D eigenvalue weighted by Crippen LogP contribution is -2.23. The molecule has 0 fully saturated rings. The van der Waals surface area contributed by atoms with Crippen LogP contribution < -0.4 is 0 Å². The highest BCUT2D eigenvalue weighted by Crippen LogP contribution is 2.18. The summed E-state index contributed by atoms with van der Waals surface area (Å²) in [6.45, 7) is 6.76. The summed E-state index contributed by atoms with van der Waals surface area (Å²) in [6.07, 6.45) is 1.80. The van der Waals surface area contributed by atoms with Crippen molar-refractivity contribution in [2.24, 2.45) is 4.99 Å². The van der Waals surface area contributed by atoms with Gasteiger partial charge >= 0.3 is 0 Å². The molecule has 1 aromatic rings. The zero-order chi connectivity index (χ0) is 12.1. The lowest BCUT2D eigenvalue weighted by Gasteiger charge is -2.12. The van der Waals surface area contributed by atoms with Crippen LogP contribution in [0.5, 0.6) is 0 Å². The zero-order valence-electron chi connectivity index (χ0n) is 10.0. The Morgan fingerprint density at radius 3 is 2.88 bits per heavy atom. The molecule has 0 bridgehead atoms. The Kier molecular flexibility index (Phi) is 3.94. The Morgan fingerprint density at radius 1 is 1.41 bits per heavy atom. The molecule has 0 saturated heterocycles. The van der Waals surface area contributed by atoms with E-state index in [-0.39, 0.29) is 12.1 Å². The number of rotatable bonds is 5. The third kappa shape index (κ3) is 2.94. The molecule has 17 heavy (non-hydrogen) atoms. The van der Waals surface area contributed by atoms with Crippen molar-refractivity contribution in [3.8, 4) is 0 Å². The van der Waals surface area contributed by atoms with Crippen molar-refractivity contribution >= 4 is 5.90 Å². The van der Waals surface area contributed by atoms with Crippen molar-refractivity contribution in [3.05, 3.63) is 48.6 Å².